The molecule has 0 aliphatic rings. The topological polar surface area (TPSA) is 84.0 Å². The number of carbonyl (C=O) groups excluding carboxylic acids is 2. The zero-order valence-electron chi connectivity index (χ0n) is 15.9. The summed E-state index contributed by atoms with van der Waals surface area (Å²) < 4.78 is 39.5. The van der Waals surface area contributed by atoms with E-state index in [-0.39, 0.29) is 16.4 Å². The molecule has 1 aromatic heterocycles. The number of aromatic nitrogens is 2. The van der Waals surface area contributed by atoms with Gasteiger partial charge in [-0.15, -0.1) is 0 Å². The molecule has 0 bridgehead atoms. The van der Waals surface area contributed by atoms with Crippen molar-refractivity contribution < 1.29 is 22.8 Å². The van der Waals surface area contributed by atoms with E-state index in [9.17, 15) is 22.8 Å². The number of nitrogens with zero attached hydrogens (tertiary/aromatic N) is 2. The maximum Gasteiger partial charge on any atom is 0.451 e. The van der Waals surface area contributed by atoms with Gasteiger partial charge in [0.15, 0.2) is 0 Å². The number of anilines is 2. The first kappa shape index (κ1) is 21.6. The molecule has 6 nitrogen and oxygen atoms in total. The average molecular weight is 434 g/mol. The van der Waals surface area contributed by atoms with Crippen LogP contribution in [0.4, 0.5) is 24.5 Å². The normalized spacial score (nSPS) is 12.4. The molecular formula is C20H17F3N4O2S. The van der Waals surface area contributed by atoms with Gasteiger partial charge in [-0.2, -0.15) is 13.2 Å². The van der Waals surface area contributed by atoms with E-state index in [0.29, 0.717) is 16.8 Å². The van der Waals surface area contributed by atoms with Gasteiger partial charge in [0.2, 0.25) is 17.6 Å². The molecule has 0 saturated carbocycles. The lowest BCUT2D eigenvalue weighted by Crippen LogP contribution is -2.23. The van der Waals surface area contributed by atoms with E-state index in [4.69, 9.17) is 0 Å². The smallest absolute Gasteiger partial charge is 0.326 e. The summed E-state index contributed by atoms with van der Waals surface area (Å²) in [4.78, 5) is 30.8. The molecule has 0 spiro atoms. The summed E-state index contributed by atoms with van der Waals surface area (Å²) in [7, 11) is 0. The fourth-order valence-corrected chi connectivity index (χ4v) is 3.51. The lowest BCUT2D eigenvalue weighted by molar-refractivity contribution is -0.145. The minimum Gasteiger partial charge on any atom is -0.326 e. The number of nitrogens with one attached hydrogen (secondary N) is 2. The highest BCUT2D eigenvalue weighted by atomic mass is 32.2. The van der Waals surface area contributed by atoms with Gasteiger partial charge in [0, 0.05) is 23.7 Å². The molecule has 10 heteroatoms. The molecule has 2 amide bonds. The van der Waals surface area contributed by atoms with Crippen LogP contribution in [0.1, 0.15) is 19.7 Å². The van der Waals surface area contributed by atoms with Crippen LogP contribution in [-0.2, 0) is 15.8 Å². The number of carbonyl (C=O) groups is 2. The Morgan fingerprint density at radius 2 is 1.57 bits per heavy atom. The Morgan fingerprint density at radius 3 is 2.17 bits per heavy atom. The number of rotatable bonds is 5. The molecule has 1 heterocycles. The van der Waals surface area contributed by atoms with Crippen LogP contribution in [0.3, 0.4) is 0 Å². The van der Waals surface area contributed by atoms with Gasteiger partial charge in [0.25, 0.3) is 0 Å². The van der Waals surface area contributed by atoms with Crippen molar-refractivity contribution in [3.8, 4) is 0 Å². The van der Waals surface area contributed by atoms with Gasteiger partial charge in [0.1, 0.15) is 5.03 Å². The van der Waals surface area contributed by atoms with Crippen LogP contribution in [0, 0.1) is 0 Å². The minimum absolute atomic E-state index is 0.0802. The number of amides is 2. The predicted octanol–water partition coefficient (Wildman–Crippen LogP) is 4.73. The molecule has 2 N–H and O–H groups in total. The molecule has 0 fully saturated rings. The van der Waals surface area contributed by atoms with Gasteiger partial charge in [0.05, 0.1) is 10.8 Å². The number of halogens is 3. The maximum atomic E-state index is 13.2. The van der Waals surface area contributed by atoms with E-state index >= 15 is 0 Å². The maximum absolute atomic E-state index is 13.2. The van der Waals surface area contributed by atoms with Crippen LogP contribution in [0.25, 0.3) is 10.9 Å². The lowest BCUT2D eigenvalue weighted by atomic mass is 10.2. The van der Waals surface area contributed by atoms with Crippen LogP contribution in [0.15, 0.2) is 53.6 Å². The first-order valence-corrected chi connectivity index (χ1v) is 9.70. The first-order valence-electron chi connectivity index (χ1n) is 8.82. The van der Waals surface area contributed by atoms with Gasteiger partial charge in [-0.3, -0.25) is 9.59 Å². The van der Waals surface area contributed by atoms with Crippen molar-refractivity contribution in [3.63, 3.8) is 0 Å². The van der Waals surface area contributed by atoms with Crippen LogP contribution in [0.2, 0.25) is 0 Å². The van der Waals surface area contributed by atoms with Gasteiger partial charge in [-0.1, -0.05) is 30.0 Å². The summed E-state index contributed by atoms with van der Waals surface area (Å²) >= 11 is 0.922. The molecular weight excluding hydrogens is 417 g/mol. The minimum atomic E-state index is -4.69. The zero-order chi connectivity index (χ0) is 21.9. The predicted molar refractivity (Wildman–Crippen MR) is 109 cm³/mol. The van der Waals surface area contributed by atoms with Crippen molar-refractivity contribution in [3.05, 3.63) is 54.4 Å². The Kier molecular flexibility index (Phi) is 6.25. The second-order valence-corrected chi connectivity index (χ2v) is 7.70. The first-order chi connectivity index (χ1) is 14.1. The van der Waals surface area contributed by atoms with Crippen molar-refractivity contribution in [2.24, 2.45) is 0 Å². The van der Waals surface area contributed by atoms with E-state index in [1.165, 1.54) is 13.0 Å². The summed E-state index contributed by atoms with van der Waals surface area (Å²) in [5, 5.41) is 5.11. The second-order valence-electron chi connectivity index (χ2n) is 6.38. The number of para-hydroxylation sites is 1. The van der Waals surface area contributed by atoms with Crippen LogP contribution in [0.5, 0.6) is 0 Å². The van der Waals surface area contributed by atoms with E-state index in [1.807, 2.05) is 0 Å². The van der Waals surface area contributed by atoms with Gasteiger partial charge < -0.3 is 10.6 Å². The Balaban J connectivity index is 1.78. The lowest BCUT2D eigenvalue weighted by Gasteiger charge is -2.14. The van der Waals surface area contributed by atoms with Crippen LogP contribution in [-0.4, -0.2) is 27.0 Å². The fraction of sp³-hybridized carbons (Fsp3) is 0.200. The molecule has 30 heavy (non-hydrogen) atoms. The quantitative estimate of drug-likeness (QED) is 0.448. The molecule has 1 atom stereocenters. The Labute approximate surface area is 174 Å². The Morgan fingerprint density at radius 1 is 0.967 bits per heavy atom. The number of fused-ring (bicyclic) bond motifs is 1. The number of thioether (sulfide) groups is 1. The average Bonchev–Trinajstić information content (AvgIpc) is 2.68. The molecule has 0 aliphatic heterocycles. The standard InChI is InChI=1S/C20H17F3N4O2S/c1-11(17(29)25-14-9-7-13(8-10-14)24-12(2)28)30-18-15-5-3-4-6-16(15)26-19(27-18)20(21,22)23/h3-11H,1-2H3,(H,24,28)(H,25,29)/t11-/m0/s1. The molecule has 0 aliphatic carbocycles. The molecule has 3 rings (SSSR count). The highest BCUT2D eigenvalue weighted by Gasteiger charge is 2.35. The van der Waals surface area contributed by atoms with Crippen molar-refractivity contribution in [2.45, 2.75) is 30.3 Å². The zero-order valence-corrected chi connectivity index (χ0v) is 16.8. The summed E-state index contributed by atoms with van der Waals surface area (Å²) in [5.74, 6) is -1.86. The molecule has 0 radical (unpaired) electrons. The molecule has 156 valence electrons. The van der Waals surface area contributed by atoms with Crippen LogP contribution < -0.4 is 10.6 Å². The molecule has 3 aromatic rings. The summed E-state index contributed by atoms with van der Waals surface area (Å²) in [6, 6.07) is 12.8. The van der Waals surface area contributed by atoms with E-state index in [2.05, 4.69) is 20.6 Å². The Bertz CT molecular complexity index is 1090. The van der Waals surface area contributed by atoms with E-state index in [1.54, 1.807) is 49.4 Å². The van der Waals surface area contributed by atoms with E-state index < -0.39 is 23.2 Å². The third-order valence-electron chi connectivity index (χ3n) is 3.95. The van der Waals surface area contributed by atoms with Crippen molar-refractivity contribution in [2.75, 3.05) is 10.6 Å². The summed E-state index contributed by atoms with van der Waals surface area (Å²) in [6.45, 7) is 2.96. The summed E-state index contributed by atoms with van der Waals surface area (Å²) in [6.07, 6.45) is -4.69. The SMILES string of the molecule is CC(=O)Nc1ccc(NC(=O)[C@H](C)Sc2nc(C(F)(F)F)nc3ccccc23)cc1. The van der Waals surface area contributed by atoms with Crippen molar-refractivity contribution >= 4 is 45.9 Å². The monoisotopic (exact) mass is 434 g/mol. The molecule has 0 unspecified atom stereocenters. The van der Waals surface area contributed by atoms with Crippen LogP contribution >= 0.6 is 11.8 Å². The van der Waals surface area contributed by atoms with Gasteiger partial charge in [-0.05, 0) is 37.3 Å². The molecule has 2 aromatic carbocycles. The fourth-order valence-electron chi connectivity index (χ4n) is 2.57. The van der Waals surface area contributed by atoms with Gasteiger partial charge in [-0.25, -0.2) is 9.97 Å². The number of hydrogen-bond acceptors (Lipinski definition) is 5. The highest BCUT2D eigenvalue weighted by molar-refractivity contribution is 8.00. The third-order valence-corrected chi connectivity index (χ3v) is 5.05. The Hall–Kier alpha value is -3.14. The number of alkyl halides is 3. The number of hydrogen-bond donors (Lipinski definition) is 2. The number of benzene rings is 2. The second kappa shape index (κ2) is 8.70. The van der Waals surface area contributed by atoms with E-state index in [0.717, 1.165) is 11.8 Å². The highest BCUT2D eigenvalue weighted by Crippen LogP contribution is 2.33. The van der Waals surface area contributed by atoms with Crippen molar-refractivity contribution in [1.29, 1.82) is 0 Å². The largest absolute Gasteiger partial charge is 0.451 e. The third kappa shape index (κ3) is 5.26. The van der Waals surface area contributed by atoms with Gasteiger partial charge >= 0.3 is 6.18 Å². The summed E-state index contributed by atoms with van der Waals surface area (Å²) in [5.41, 5.74) is 1.23. The molecule has 0 saturated heterocycles. The van der Waals surface area contributed by atoms with Crippen molar-refractivity contribution in [1.82, 2.24) is 9.97 Å².